The smallest absolute Gasteiger partial charge is 0.193 e. The molecule has 0 amide bonds. The van der Waals surface area contributed by atoms with E-state index in [-0.39, 0.29) is 17.9 Å². The number of nitrogens with two attached hydrogens (primary N) is 2. The molecule has 2 aromatic rings. The first kappa shape index (κ1) is 14.4. The van der Waals surface area contributed by atoms with E-state index in [0.717, 1.165) is 11.1 Å². The van der Waals surface area contributed by atoms with E-state index in [1.54, 1.807) is 0 Å². The van der Waals surface area contributed by atoms with Crippen LogP contribution in [0.3, 0.4) is 0 Å². The topological polar surface area (TPSA) is 69.1 Å². The molecule has 2 aromatic carbocycles. The first-order valence-corrected chi connectivity index (χ1v) is 6.75. The number of hydrogen-bond donors (Lipinski definition) is 2. The Morgan fingerprint density at radius 2 is 1.05 bits per heavy atom. The van der Waals surface area contributed by atoms with Gasteiger partial charge in [-0.3, -0.25) is 4.79 Å². The number of carbonyl (C=O) groups excluding carboxylic acids is 1. The third-order valence-electron chi connectivity index (χ3n) is 3.40. The number of carbonyl (C=O) groups is 1. The summed E-state index contributed by atoms with van der Waals surface area (Å²) in [6.07, 6.45) is 0. The number of benzene rings is 2. The molecule has 0 aliphatic carbocycles. The third kappa shape index (κ3) is 3.13. The van der Waals surface area contributed by atoms with Crippen LogP contribution in [0, 0.1) is 0 Å². The number of hydrogen-bond acceptors (Lipinski definition) is 3. The second kappa shape index (κ2) is 5.99. The fraction of sp³-hybridized carbons (Fsp3) is 0.235. The molecule has 0 radical (unpaired) electrons. The Morgan fingerprint density at radius 3 is 1.30 bits per heavy atom. The molecule has 2 rings (SSSR count). The average Bonchev–Trinajstić information content (AvgIpc) is 2.46. The van der Waals surface area contributed by atoms with Gasteiger partial charge in [0.1, 0.15) is 0 Å². The van der Waals surface area contributed by atoms with E-state index < -0.39 is 0 Å². The minimum Gasteiger partial charge on any atom is -0.324 e. The van der Waals surface area contributed by atoms with Crippen molar-refractivity contribution in [3.63, 3.8) is 0 Å². The summed E-state index contributed by atoms with van der Waals surface area (Å²) in [6, 6.07) is 14.8. The maximum absolute atomic E-state index is 12.3. The lowest BCUT2D eigenvalue weighted by Gasteiger charge is -2.08. The highest BCUT2D eigenvalue weighted by Gasteiger charge is 2.10. The van der Waals surface area contributed by atoms with Crippen molar-refractivity contribution in [3.8, 4) is 0 Å². The lowest BCUT2D eigenvalue weighted by atomic mass is 9.98. The van der Waals surface area contributed by atoms with E-state index in [9.17, 15) is 4.79 Å². The SMILES string of the molecule is CC(N)c1ccc(C(=O)c2ccc(C(C)N)cc2)cc1. The average molecular weight is 268 g/mol. The van der Waals surface area contributed by atoms with Crippen molar-refractivity contribution in [3.05, 3.63) is 70.8 Å². The molecule has 4 N–H and O–H groups in total. The van der Waals surface area contributed by atoms with Crippen LogP contribution in [0.25, 0.3) is 0 Å². The maximum atomic E-state index is 12.3. The zero-order valence-corrected chi connectivity index (χ0v) is 11.8. The zero-order valence-electron chi connectivity index (χ0n) is 11.8. The highest BCUT2D eigenvalue weighted by molar-refractivity contribution is 6.09. The third-order valence-corrected chi connectivity index (χ3v) is 3.40. The zero-order chi connectivity index (χ0) is 14.7. The van der Waals surface area contributed by atoms with Crippen LogP contribution in [0.1, 0.15) is 53.0 Å². The molecule has 0 fully saturated rings. The van der Waals surface area contributed by atoms with E-state index in [1.807, 2.05) is 62.4 Å². The Bertz CT molecular complexity index is 530. The van der Waals surface area contributed by atoms with E-state index in [2.05, 4.69) is 0 Å². The second-order valence-electron chi connectivity index (χ2n) is 5.15. The van der Waals surface area contributed by atoms with Gasteiger partial charge in [-0.25, -0.2) is 0 Å². The quantitative estimate of drug-likeness (QED) is 0.838. The van der Waals surface area contributed by atoms with E-state index in [1.165, 1.54) is 0 Å². The van der Waals surface area contributed by atoms with Gasteiger partial charge in [0.15, 0.2) is 5.78 Å². The first-order chi connectivity index (χ1) is 9.49. The molecule has 0 spiro atoms. The molecule has 0 aliphatic rings. The largest absolute Gasteiger partial charge is 0.324 e. The van der Waals surface area contributed by atoms with Crippen LogP contribution in [0.5, 0.6) is 0 Å². The summed E-state index contributed by atoms with van der Waals surface area (Å²) in [6.45, 7) is 3.84. The fourth-order valence-corrected chi connectivity index (χ4v) is 2.04. The van der Waals surface area contributed by atoms with Gasteiger partial charge in [0.25, 0.3) is 0 Å². The molecule has 2 atom stereocenters. The molecule has 0 aromatic heterocycles. The summed E-state index contributed by atoms with van der Waals surface area (Å²) in [5.41, 5.74) is 15.0. The van der Waals surface area contributed by atoms with E-state index in [4.69, 9.17) is 11.5 Å². The van der Waals surface area contributed by atoms with Crippen LogP contribution in [-0.2, 0) is 0 Å². The summed E-state index contributed by atoms with van der Waals surface area (Å²) in [5, 5.41) is 0. The summed E-state index contributed by atoms with van der Waals surface area (Å²) >= 11 is 0. The normalized spacial score (nSPS) is 13.8. The molecular formula is C17H20N2O. The molecular weight excluding hydrogens is 248 g/mol. The highest BCUT2D eigenvalue weighted by atomic mass is 16.1. The minimum atomic E-state index is -0.0236. The Kier molecular flexibility index (Phi) is 4.32. The van der Waals surface area contributed by atoms with Crippen LogP contribution in [0.2, 0.25) is 0 Å². The number of ketones is 1. The Morgan fingerprint density at radius 1 is 0.750 bits per heavy atom. The van der Waals surface area contributed by atoms with Crippen LogP contribution in [0.15, 0.2) is 48.5 Å². The standard InChI is InChI=1S/C17H20N2O/c1-11(18)13-3-7-15(8-4-13)17(20)16-9-5-14(6-10-16)12(2)19/h3-12H,18-19H2,1-2H3. The van der Waals surface area contributed by atoms with Gasteiger partial charge in [0.2, 0.25) is 0 Å². The molecule has 3 nitrogen and oxygen atoms in total. The summed E-state index contributed by atoms with van der Waals surface area (Å²) in [4.78, 5) is 12.3. The predicted octanol–water partition coefficient (Wildman–Crippen LogP) is 2.96. The van der Waals surface area contributed by atoms with Gasteiger partial charge in [-0.05, 0) is 25.0 Å². The first-order valence-electron chi connectivity index (χ1n) is 6.75. The van der Waals surface area contributed by atoms with E-state index in [0.29, 0.717) is 11.1 Å². The molecule has 0 saturated heterocycles. The van der Waals surface area contributed by atoms with Crippen molar-refractivity contribution < 1.29 is 4.79 Å². The molecule has 0 heterocycles. The molecule has 0 aliphatic heterocycles. The van der Waals surface area contributed by atoms with Crippen molar-refractivity contribution in [2.24, 2.45) is 11.5 Å². The molecule has 0 saturated carbocycles. The summed E-state index contributed by atoms with van der Waals surface area (Å²) in [5.74, 6) is 0.0115. The number of rotatable bonds is 4. The van der Waals surface area contributed by atoms with Crippen molar-refractivity contribution >= 4 is 5.78 Å². The Balaban J connectivity index is 2.22. The van der Waals surface area contributed by atoms with Crippen molar-refractivity contribution in [1.29, 1.82) is 0 Å². The van der Waals surface area contributed by atoms with Crippen LogP contribution in [-0.4, -0.2) is 5.78 Å². The predicted molar refractivity (Wildman–Crippen MR) is 81.5 cm³/mol. The molecule has 104 valence electrons. The highest BCUT2D eigenvalue weighted by Crippen LogP contribution is 2.16. The van der Waals surface area contributed by atoms with Crippen LogP contribution >= 0.6 is 0 Å². The lowest BCUT2D eigenvalue weighted by molar-refractivity contribution is 0.103. The van der Waals surface area contributed by atoms with Crippen LogP contribution < -0.4 is 11.5 Å². The molecule has 2 unspecified atom stereocenters. The monoisotopic (exact) mass is 268 g/mol. The van der Waals surface area contributed by atoms with Gasteiger partial charge < -0.3 is 11.5 Å². The molecule has 0 bridgehead atoms. The maximum Gasteiger partial charge on any atom is 0.193 e. The van der Waals surface area contributed by atoms with Crippen molar-refractivity contribution in [2.75, 3.05) is 0 Å². The molecule has 3 heteroatoms. The lowest BCUT2D eigenvalue weighted by Crippen LogP contribution is -2.07. The summed E-state index contributed by atoms with van der Waals surface area (Å²) in [7, 11) is 0. The fourth-order valence-electron chi connectivity index (χ4n) is 2.04. The van der Waals surface area contributed by atoms with Gasteiger partial charge in [0.05, 0.1) is 0 Å². The van der Waals surface area contributed by atoms with Crippen molar-refractivity contribution in [1.82, 2.24) is 0 Å². The summed E-state index contributed by atoms with van der Waals surface area (Å²) < 4.78 is 0. The van der Waals surface area contributed by atoms with Crippen molar-refractivity contribution in [2.45, 2.75) is 25.9 Å². The minimum absolute atomic E-state index is 0.0115. The molecule has 20 heavy (non-hydrogen) atoms. The van der Waals surface area contributed by atoms with Gasteiger partial charge in [-0.1, -0.05) is 48.5 Å². The van der Waals surface area contributed by atoms with Gasteiger partial charge in [-0.15, -0.1) is 0 Å². The van der Waals surface area contributed by atoms with Gasteiger partial charge in [-0.2, -0.15) is 0 Å². The second-order valence-corrected chi connectivity index (χ2v) is 5.15. The van der Waals surface area contributed by atoms with Gasteiger partial charge >= 0.3 is 0 Å². The Labute approximate surface area is 119 Å². The van der Waals surface area contributed by atoms with Gasteiger partial charge in [0, 0.05) is 23.2 Å². The Hall–Kier alpha value is -1.97. The van der Waals surface area contributed by atoms with Crippen LogP contribution in [0.4, 0.5) is 0 Å². The van der Waals surface area contributed by atoms with E-state index >= 15 is 0 Å².